The second kappa shape index (κ2) is 7.63. The molecule has 27 heavy (non-hydrogen) atoms. The summed E-state index contributed by atoms with van der Waals surface area (Å²) in [6.07, 6.45) is -0.360. The van der Waals surface area contributed by atoms with E-state index in [1.807, 2.05) is 32.9 Å². The Morgan fingerprint density at radius 1 is 1.15 bits per heavy atom. The molecule has 3 rings (SSSR count). The summed E-state index contributed by atoms with van der Waals surface area (Å²) in [5.74, 6) is -0.119. The number of hydrogen-bond acceptors (Lipinski definition) is 5. The number of ether oxygens (including phenoxy) is 1. The van der Waals surface area contributed by atoms with Crippen LogP contribution in [0, 0.1) is 0 Å². The highest BCUT2D eigenvalue weighted by atomic mass is 79.9. The van der Waals surface area contributed by atoms with Crippen LogP contribution in [0.1, 0.15) is 20.8 Å². The Bertz CT molecular complexity index is 923. The van der Waals surface area contributed by atoms with E-state index in [4.69, 9.17) is 4.74 Å². The van der Waals surface area contributed by atoms with Crippen LogP contribution in [0.5, 0.6) is 0 Å². The molecule has 0 radical (unpaired) electrons. The molecule has 2 amide bonds. The van der Waals surface area contributed by atoms with Gasteiger partial charge in [0.1, 0.15) is 12.1 Å². The van der Waals surface area contributed by atoms with Crippen LogP contribution in [0.15, 0.2) is 27.5 Å². The molecule has 0 N–H and O–H groups in total. The van der Waals surface area contributed by atoms with Crippen molar-refractivity contribution in [2.75, 3.05) is 26.2 Å². The van der Waals surface area contributed by atoms with E-state index in [0.29, 0.717) is 31.6 Å². The zero-order valence-corrected chi connectivity index (χ0v) is 17.9. The molecule has 1 saturated heterocycles. The molecule has 1 fully saturated rings. The first-order valence-electron chi connectivity index (χ1n) is 8.69. The zero-order valence-electron chi connectivity index (χ0n) is 15.5. The molecule has 0 saturated carbocycles. The quantitative estimate of drug-likeness (QED) is 0.697. The fourth-order valence-electron chi connectivity index (χ4n) is 2.83. The van der Waals surface area contributed by atoms with Crippen LogP contribution in [0.2, 0.25) is 0 Å². The molecule has 0 atom stereocenters. The summed E-state index contributed by atoms with van der Waals surface area (Å²) in [7, 11) is 0. The van der Waals surface area contributed by atoms with Crippen molar-refractivity contribution >= 4 is 49.5 Å². The fraction of sp³-hybridized carbons (Fsp3) is 0.500. The van der Waals surface area contributed by atoms with Crippen molar-refractivity contribution in [2.24, 2.45) is 0 Å². The van der Waals surface area contributed by atoms with E-state index in [-0.39, 0.29) is 24.1 Å². The van der Waals surface area contributed by atoms with Crippen LogP contribution in [0.25, 0.3) is 10.1 Å². The van der Waals surface area contributed by atoms with Gasteiger partial charge in [-0.1, -0.05) is 27.5 Å². The van der Waals surface area contributed by atoms with Gasteiger partial charge in [0.2, 0.25) is 5.91 Å². The highest BCUT2D eigenvalue weighted by molar-refractivity contribution is 9.10. The third kappa shape index (κ3) is 4.70. The Hall–Kier alpha value is -1.87. The molecule has 0 unspecified atom stereocenters. The molecule has 7 nitrogen and oxygen atoms in total. The van der Waals surface area contributed by atoms with Crippen molar-refractivity contribution in [3.8, 4) is 0 Å². The number of aromatic nitrogens is 1. The van der Waals surface area contributed by atoms with Gasteiger partial charge >= 0.3 is 6.09 Å². The molecule has 1 aliphatic heterocycles. The molecule has 1 aromatic heterocycles. The summed E-state index contributed by atoms with van der Waals surface area (Å²) in [6.45, 7) is 7.21. The van der Waals surface area contributed by atoms with Gasteiger partial charge in [-0.05, 0) is 39.0 Å². The Morgan fingerprint density at radius 3 is 2.41 bits per heavy atom. The fourth-order valence-corrected chi connectivity index (χ4v) is 4.37. The topological polar surface area (TPSA) is 71.8 Å². The summed E-state index contributed by atoms with van der Waals surface area (Å²) < 4.78 is 8.59. The largest absolute Gasteiger partial charge is 0.444 e. The van der Waals surface area contributed by atoms with Crippen molar-refractivity contribution in [3.05, 3.63) is 33.0 Å². The zero-order chi connectivity index (χ0) is 19.8. The van der Waals surface area contributed by atoms with Crippen LogP contribution in [-0.2, 0) is 16.1 Å². The van der Waals surface area contributed by atoms with Gasteiger partial charge in [0.05, 0.1) is 10.1 Å². The highest BCUT2D eigenvalue weighted by Gasteiger charge is 2.28. The standard InChI is InChI=1S/C18H22BrN3O4S/c1-18(2,3)26-17(25)21-8-6-20(7-9-21)15(23)11-22-16(24)13-5-4-12(19)10-14(13)27-22/h4-5,10H,6-9,11H2,1-3H3. The molecule has 146 valence electrons. The highest BCUT2D eigenvalue weighted by Crippen LogP contribution is 2.21. The number of carbonyl (C=O) groups excluding carboxylic acids is 2. The SMILES string of the molecule is CC(C)(C)OC(=O)N1CCN(C(=O)Cn2sc3cc(Br)ccc3c2=O)CC1. The number of benzene rings is 1. The van der Waals surface area contributed by atoms with Crippen molar-refractivity contribution < 1.29 is 14.3 Å². The lowest BCUT2D eigenvalue weighted by Crippen LogP contribution is -2.52. The maximum absolute atomic E-state index is 12.6. The molecular formula is C18H22BrN3O4S. The Labute approximate surface area is 169 Å². The lowest BCUT2D eigenvalue weighted by atomic mass is 10.2. The number of amides is 2. The number of carbonyl (C=O) groups is 2. The third-order valence-electron chi connectivity index (χ3n) is 4.17. The van der Waals surface area contributed by atoms with Gasteiger partial charge in [0.15, 0.2) is 0 Å². The number of hydrogen-bond donors (Lipinski definition) is 0. The number of fused-ring (bicyclic) bond motifs is 1. The van der Waals surface area contributed by atoms with E-state index in [9.17, 15) is 14.4 Å². The molecule has 0 aliphatic carbocycles. The molecular weight excluding hydrogens is 434 g/mol. The summed E-state index contributed by atoms with van der Waals surface area (Å²) >= 11 is 4.68. The number of rotatable bonds is 2. The lowest BCUT2D eigenvalue weighted by molar-refractivity contribution is -0.133. The van der Waals surface area contributed by atoms with E-state index < -0.39 is 5.60 Å². The van der Waals surface area contributed by atoms with Crippen molar-refractivity contribution in [1.82, 2.24) is 13.8 Å². The van der Waals surface area contributed by atoms with Crippen LogP contribution >= 0.6 is 27.5 Å². The van der Waals surface area contributed by atoms with Gasteiger partial charge in [-0.25, -0.2) is 4.79 Å². The minimum atomic E-state index is -0.540. The Morgan fingerprint density at radius 2 is 1.78 bits per heavy atom. The minimum absolute atomic E-state index is 0.0161. The third-order valence-corrected chi connectivity index (χ3v) is 5.72. The number of halogens is 1. The predicted octanol–water partition coefficient (Wildman–Crippen LogP) is 2.90. The van der Waals surface area contributed by atoms with Crippen molar-refractivity contribution in [3.63, 3.8) is 0 Å². The van der Waals surface area contributed by atoms with Crippen molar-refractivity contribution in [2.45, 2.75) is 32.9 Å². The average molecular weight is 456 g/mol. The summed E-state index contributed by atoms with van der Waals surface area (Å²) in [5, 5.41) is 0.616. The van der Waals surface area contributed by atoms with Gasteiger partial charge in [-0.15, -0.1) is 0 Å². The summed E-state index contributed by atoms with van der Waals surface area (Å²) in [4.78, 5) is 40.5. The summed E-state index contributed by atoms with van der Waals surface area (Å²) in [6, 6.07) is 5.46. The van der Waals surface area contributed by atoms with Crippen molar-refractivity contribution in [1.29, 1.82) is 0 Å². The van der Waals surface area contributed by atoms with Gasteiger partial charge in [0.25, 0.3) is 5.56 Å². The summed E-state index contributed by atoms with van der Waals surface area (Å²) in [5.41, 5.74) is -0.690. The van der Waals surface area contributed by atoms with Crippen LogP contribution < -0.4 is 5.56 Å². The van der Waals surface area contributed by atoms with Gasteiger partial charge in [-0.2, -0.15) is 0 Å². The van der Waals surface area contributed by atoms with Crippen LogP contribution in [-0.4, -0.2) is 57.5 Å². The average Bonchev–Trinajstić information content (AvgIpc) is 2.88. The minimum Gasteiger partial charge on any atom is -0.444 e. The lowest BCUT2D eigenvalue weighted by Gasteiger charge is -2.35. The smallest absolute Gasteiger partial charge is 0.410 e. The first-order chi connectivity index (χ1) is 12.6. The molecule has 9 heteroatoms. The normalized spacial score (nSPS) is 15.3. The Kier molecular flexibility index (Phi) is 5.62. The molecule has 2 heterocycles. The molecule has 0 spiro atoms. The van der Waals surface area contributed by atoms with E-state index >= 15 is 0 Å². The van der Waals surface area contributed by atoms with E-state index in [2.05, 4.69) is 15.9 Å². The van der Waals surface area contributed by atoms with Gasteiger partial charge < -0.3 is 14.5 Å². The second-order valence-electron chi connectivity index (χ2n) is 7.42. The Balaban J connectivity index is 1.61. The van der Waals surface area contributed by atoms with Crippen LogP contribution in [0.3, 0.4) is 0 Å². The van der Waals surface area contributed by atoms with E-state index in [1.54, 1.807) is 15.9 Å². The maximum Gasteiger partial charge on any atom is 0.410 e. The molecule has 1 aliphatic rings. The molecule has 1 aromatic carbocycles. The first-order valence-corrected chi connectivity index (χ1v) is 10.3. The number of nitrogens with zero attached hydrogens (tertiary/aromatic N) is 3. The van der Waals surface area contributed by atoms with Gasteiger partial charge in [-0.3, -0.25) is 13.5 Å². The maximum atomic E-state index is 12.6. The number of piperazine rings is 1. The monoisotopic (exact) mass is 455 g/mol. The predicted molar refractivity (Wildman–Crippen MR) is 108 cm³/mol. The molecule has 0 bridgehead atoms. The van der Waals surface area contributed by atoms with Crippen LogP contribution in [0.4, 0.5) is 4.79 Å². The second-order valence-corrected chi connectivity index (χ2v) is 9.40. The molecule has 2 aromatic rings. The van der Waals surface area contributed by atoms with E-state index in [0.717, 1.165) is 9.17 Å². The first kappa shape index (κ1) is 19.9. The van der Waals surface area contributed by atoms with E-state index in [1.165, 1.54) is 15.5 Å². The van der Waals surface area contributed by atoms with Gasteiger partial charge in [0, 0.05) is 30.7 Å².